The fourth-order valence-electron chi connectivity index (χ4n) is 1.37. The van der Waals surface area contributed by atoms with Crippen LogP contribution in [0.25, 0.3) is 0 Å². The lowest BCUT2D eigenvalue weighted by Crippen LogP contribution is -2.42. The summed E-state index contributed by atoms with van der Waals surface area (Å²) in [4.78, 5) is 22.3. The number of hydrogen-bond donors (Lipinski definition) is 3. The standard InChI is InChI=1S/C12H16BrN3O2/c1-8(9-4-3-5-10(13)6-9)15-7-11(17)16-12(18)14-2/h3-6,8,15H,7H2,1-2H3,(H2,14,16,17,18)/t8-/m1/s1. The van der Waals surface area contributed by atoms with Crippen molar-refractivity contribution in [2.75, 3.05) is 13.6 Å². The van der Waals surface area contributed by atoms with Gasteiger partial charge in [0.1, 0.15) is 0 Å². The molecule has 3 N–H and O–H groups in total. The highest BCUT2D eigenvalue weighted by Gasteiger charge is 2.09. The summed E-state index contributed by atoms with van der Waals surface area (Å²) in [7, 11) is 1.46. The Morgan fingerprint density at radius 1 is 1.39 bits per heavy atom. The van der Waals surface area contributed by atoms with E-state index < -0.39 is 6.03 Å². The molecule has 0 aliphatic rings. The summed E-state index contributed by atoms with van der Waals surface area (Å²) in [6, 6.07) is 7.35. The zero-order valence-electron chi connectivity index (χ0n) is 10.3. The van der Waals surface area contributed by atoms with Crippen LogP contribution >= 0.6 is 15.9 Å². The molecule has 0 fully saturated rings. The van der Waals surface area contributed by atoms with E-state index in [1.165, 1.54) is 7.05 Å². The Morgan fingerprint density at radius 3 is 2.72 bits per heavy atom. The first-order valence-electron chi connectivity index (χ1n) is 5.53. The third kappa shape index (κ3) is 4.85. The minimum Gasteiger partial charge on any atom is -0.341 e. The van der Waals surface area contributed by atoms with Gasteiger partial charge in [0.15, 0.2) is 0 Å². The van der Waals surface area contributed by atoms with Crippen molar-refractivity contribution in [1.29, 1.82) is 0 Å². The van der Waals surface area contributed by atoms with Gasteiger partial charge in [-0.1, -0.05) is 28.1 Å². The van der Waals surface area contributed by atoms with Crippen molar-refractivity contribution >= 4 is 27.9 Å². The SMILES string of the molecule is CNC(=O)NC(=O)CN[C@H](C)c1cccc(Br)c1. The second-order valence-corrected chi connectivity index (χ2v) is 4.70. The summed E-state index contributed by atoms with van der Waals surface area (Å²) in [6.45, 7) is 2.04. The van der Waals surface area contributed by atoms with Crippen LogP contribution in [0.4, 0.5) is 4.79 Å². The van der Waals surface area contributed by atoms with Crippen LogP contribution in [0.2, 0.25) is 0 Å². The molecule has 0 unspecified atom stereocenters. The molecule has 3 amide bonds. The normalized spacial score (nSPS) is 11.7. The Kier molecular flexibility index (Phi) is 5.80. The molecule has 0 radical (unpaired) electrons. The summed E-state index contributed by atoms with van der Waals surface area (Å²) in [5.41, 5.74) is 1.07. The van der Waals surface area contributed by atoms with Gasteiger partial charge in [-0.3, -0.25) is 10.1 Å². The molecular weight excluding hydrogens is 298 g/mol. The lowest BCUT2D eigenvalue weighted by Gasteiger charge is -2.14. The minimum atomic E-state index is -0.503. The van der Waals surface area contributed by atoms with Gasteiger partial charge in [0.25, 0.3) is 0 Å². The molecule has 0 aliphatic carbocycles. The number of rotatable bonds is 4. The topological polar surface area (TPSA) is 70.2 Å². The van der Waals surface area contributed by atoms with Crippen LogP contribution in [0.3, 0.4) is 0 Å². The van der Waals surface area contributed by atoms with E-state index in [0.29, 0.717) is 0 Å². The van der Waals surface area contributed by atoms with E-state index in [2.05, 4.69) is 31.9 Å². The van der Waals surface area contributed by atoms with Crippen molar-refractivity contribution < 1.29 is 9.59 Å². The number of carbonyl (C=O) groups is 2. The molecule has 0 bridgehead atoms. The first-order chi connectivity index (χ1) is 8.52. The van der Waals surface area contributed by atoms with E-state index >= 15 is 0 Å². The number of urea groups is 1. The number of amides is 3. The van der Waals surface area contributed by atoms with Gasteiger partial charge in [-0.2, -0.15) is 0 Å². The number of imide groups is 1. The largest absolute Gasteiger partial charge is 0.341 e. The van der Waals surface area contributed by atoms with E-state index in [1.54, 1.807) is 0 Å². The van der Waals surface area contributed by atoms with Crippen LogP contribution in [0.15, 0.2) is 28.7 Å². The van der Waals surface area contributed by atoms with Crippen molar-refractivity contribution in [2.45, 2.75) is 13.0 Å². The summed E-state index contributed by atoms with van der Waals surface area (Å²) >= 11 is 3.39. The predicted octanol–water partition coefficient (Wildman–Crippen LogP) is 1.56. The van der Waals surface area contributed by atoms with E-state index in [-0.39, 0.29) is 18.5 Å². The maximum atomic E-state index is 11.4. The van der Waals surface area contributed by atoms with Crippen LogP contribution in [0, 0.1) is 0 Å². The van der Waals surface area contributed by atoms with Crippen molar-refractivity contribution in [3.63, 3.8) is 0 Å². The van der Waals surface area contributed by atoms with Gasteiger partial charge >= 0.3 is 6.03 Å². The Balaban J connectivity index is 2.44. The predicted molar refractivity (Wildman–Crippen MR) is 73.2 cm³/mol. The highest BCUT2D eigenvalue weighted by atomic mass is 79.9. The number of hydrogen-bond acceptors (Lipinski definition) is 3. The molecule has 0 aromatic heterocycles. The average Bonchev–Trinajstić information content (AvgIpc) is 2.35. The molecule has 0 aliphatic heterocycles. The van der Waals surface area contributed by atoms with Crippen molar-refractivity contribution in [2.24, 2.45) is 0 Å². The smallest absolute Gasteiger partial charge is 0.321 e. The first kappa shape index (κ1) is 14.7. The molecule has 1 aromatic rings. The molecule has 1 aromatic carbocycles. The van der Waals surface area contributed by atoms with Gasteiger partial charge in [-0.05, 0) is 24.6 Å². The van der Waals surface area contributed by atoms with Crippen molar-refractivity contribution in [3.05, 3.63) is 34.3 Å². The van der Waals surface area contributed by atoms with E-state index in [0.717, 1.165) is 10.0 Å². The third-order valence-corrected chi connectivity index (χ3v) is 2.89. The number of benzene rings is 1. The van der Waals surface area contributed by atoms with Crippen LogP contribution in [-0.4, -0.2) is 25.5 Å². The zero-order chi connectivity index (χ0) is 13.5. The molecule has 6 heteroatoms. The Morgan fingerprint density at radius 2 is 2.11 bits per heavy atom. The fourth-order valence-corrected chi connectivity index (χ4v) is 1.79. The van der Waals surface area contributed by atoms with E-state index in [9.17, 15) is 9.59 Å². The maximum Gasteiger partial charge on any atom is 0.321 e. The number of halogens is 1. The van der Waals surface area contributed by atoms with Crippen molar-refractivity contribution in [3.8, 4) is 0 Å². The molecule has 0 saturated carbocycles. The number of carbonyl (C=O) groups excluding carboxylic acids is 2. The highest BCUT2D eigenvalue weighted by molar-refractivity contribution is 9.10. The molecule has 0 saturated heterocycles. The number of nitrogens with one attached hydrogen (secondary N) is 3. The summed E-state index contributed by atoms with van der Waals surface area (Å²) in [6.07, 6.45) is 0. The van der Waals surface area contributed by atoms with Crippen LogP contribution in [0.1, 0.15) is 18.5 Å². The molecule has 1 rings (SSSR count). The molecule has 5 nitrogen and oxygen atoms in total. The molecule has 98 valence electrons. The quantitative estimate of drug-likeness (QED) is 0.790. The molecule has 0 heterocycles. The molecule has 1 atom stereocenters. The van der Waals surface area contributed by atoms with Gasteiger partial charge in [0.2, 0.25) is 5.91 Å². The second kappa shape index (κ2) is 7.13. The van der Waals surface area contributed by atoms with Gasteiger partial charge in [-0.15, -0.1) is 0 Å². The Hall–Kier alpha value is -1.40. The van der Waals surface area contributed by atoms with Gasteiger partial charge in [0, 0.05) is 17.6 Å². The van der Waals surface area contributed by atoms with E-state index in [4.69, 9.17) is 0 Å². The zero-order valence-corrected chi connectivity index (χ0v) is 11.9. The van der Waals surface area contributed by atoms with Crippen LogP contribution < -0.4 is 16.0 Å². The van der Waals surface area contributed by atoms with Gasteiger partial charge < -0.3 is 10.6 Å². The monoisotopic (exact) mass is 313 g/mol. The minimum absolute atomic E-state index is 0.0259. The highest BCUT2D eigenvalue weighted by Crippen LogP contribution is 2.17. The Bertz CT molecular complexity index is 437. The molecule has 0 spiro atoms. The van der Waals surface area contributed by atoms with Crippen LogP contribution in [0.5, 0.6) is 0 Å². The molecule has 18 heavy (non-hydrogen) atoms. The fraction of sp³-hybridized carbons (Fsp3) is 0.333. The third-order valence-electron chi connectivity index (χ3n) is 2.40. The Labute approximate surface area is 114 Å². The first-order valence-corrected chi connectivity index (χ1v) is 6.32. The second-order valence-electron chi connectivity index (χ2n) is 3.78. The lowest BCUT2D eigenvalue weighted by molar-refractivity contribution is -0.119. The van der Waals surface area contributed by atoms with Crippen molar-refractivity contribution in [1.82, 2.24) is 16.0 Å². The summed E-state index contributed by atoms with van der Waals surface area (Å²) < 4.78 is 0.989. The van der Waals surface area contributed by atoms with Gasteiger partial charge in [-0.25, -0.2) is 4.79 Å². The van der Waals surface area contributed by atoms with Crippen LogP contribution in [-0.2, 0) is 4.79 Å². The van der Waals surface area contributed by atoms with Gasteiger partial charge in [0.05, 0.1) is 6.54 Å². The lowest BCUT2D eigenvalue weighted by atomic mass is 10.1. The average molecular weight is 314 g/mol. The summed E-state index contributed by atoms with van der Waals surface area (Å²) in [5.74, 6) is -0.365. The summed E-state index contributed by atoms with van der Waals surface area (Å²) in [5, 5.41) is 7.55. The maximum absolute atomic E-state index is 11.4. The van der Waals surface area contributed by atoms with E-state index in [1.807, 2.05) is 31.2 Å². The molecular formula is C12H16BrN3O2.